The van der Waals surface area contributed by atoms with Gasteiger partial charge in [0.2, 0.25) is 0 Å². The standard InChI is InChI=1S/C17H27NO/c1-13-11-14(2)17(15(3)12-13)19-10-9-18-16-7-5-4-6-8-16/h11-12,16,18H,4-10H2,1-3H3. The molecule has 0 radical (unpaired) electrons. The van der Waals surface area contributed by atoms with Gasteiger partial charge in [-0.15, -0.1) is 0 Å². The molecule has 106 valence electrons. The van der Waals surface area contributed by atoms with E-state index in [0.717, 1.165) is 24.9 Å². The van der Waals surface area contributed by atoms with Crippen molar-refractivity contribution in [3.8, 4) is 5.75 Å². The number of nitrogens with one attached hydrogen (secondary N) is 1. The van der Waals surface area contributed by atoms with Gasteiger partial charge in [0.15, 0.2) is 0 Å². The molecule has 1 aromatic rings. The Kier molecular flexibility index (Phi) is 5.26. The first-order valence-corrected chi connectivity index (χ1v) is 7.61. The molecule has 0 heterocycles. The number of hydrogen-bond acceptors (Lipinski definition) is 2. The van der Waals surface area contributed by atoms with E-state index >= 15 is 0 Å². The number of benzene rings is 1. The van der Waals surface area contributed by atoms with Crippen molar-refractivity contribution < 1.29 is 4.74 Å². The second-order valence-electron chi connectivity index (χ2n) is 5.87. The van der Waals surface area contributed by atoms with E-state index in [1.807, 2.05) is 0 Å². The van der Waals surface area contributed by atoms with Crippen molar-refractivity contribution in [3.05, 3.63) is 28.8 Å². The van der Waals surface area contributed by atoms with Crippen LogP contribution in [0.2, 0.25) is 0 Å². The van der Waals surface area contributed by atoms with Crippen molar-refractivity contribution in [2.75, 3.05) is 13.2 Å². The van der Waals surface area contributed by atoms with Crippen LogP contribution in [0.25, 0.3) is 0 Å². The zero-order valence-corrected chi connectivity index (χ0v) is 12.6. The van der Waals surface area contributed by atoms with E-state index in [9.17, 15) is 0 Å². The molecular weight excluding hydrogens is 234 g/mol. The SMILES string of the molecule is Cc1cc(C)c(OCCNC2CCCCC2)c(C)c1. The Bertz CT molecular complexity index is 385. The molecule has 0 amide bonds. The molecule has 1 saturated carbocycles. The zero-order valence-electron chi connectivity index (χ0n) is 12.6. The fraction of sp³-hybridized carbons (Fsp3) is 0.647. The van der Waals surface area contributed by atoms with Gasteiger partial charge >= 0.3 is 0 Å². The van der Waals surface area contributed by atoms with Crippen molar-refractivity contribution in [3.63, 3.8) is 0 Å². The van der Waals surface area contributed by atoms with E-state index in [2.05, 4.69) is 38.2 Å². The van der Waals surface area contributed by atoms with Crippen LogP contribution in [0.4, 0.5) is 0 Å². The molecule has 1 aliphatic rings. The molecule has 0 atom stereocenters. The predicted octanol–water partition coefficient (Wildman–Crippen LogP) is 3.91. The highest BCUT2D eigenvalue weighted by Crippen LogP contribution is 2.24. The number of hydrogen-bond donors (Lipinski definition) is 1. The Morgan fingerprint density at radius 3 is 2.32 bits per heavy atom. The van der Waals surface area contributed by atoms with Crippen molar-refractivity contribution in [2.45, 2.75) is 58.9 Å². The Morgan fingerprint density at radius 2 is 1.68 bits per heavy atom. The summed E-state index contributed by atoms with van der Waals surface area (Å²) < 4.78 is 5.95. The summed E-state index contributed by atoms with van der Waals surface area (Å²) in [7, 11) is 0. The van der Waals surface area contributed by atoms with Crippen molar-refractivity contribution in [1.82, 2.24) is 5.32 Å². The Labute approximate surface area is 117 Å². The zero-order chi connectivity index (χ0) is 13.7. The molecule has 0 saturated heterocycles. The minimum Gasteiger partial charge on any atom is -0.492 e. The van der Waals surface area contributed by atoms with Crippen LogP contribution in [-0.4, -0.2) is 19.2 Å². The molecule has 0 spiro atoms. The lowest BCUT2D eigenvalue weighted by Crippen LogP contribution is -2.34. The van der Waals surface area contributed by atoms with Crippen LogP contribution in [0, 0.1) is 20.8 Å². The molecule has 1 aromatic carbocycles. The predicted molar refractivity (Wildman–Crippen MR) is 81.0 cm³/mol. The quantitative estimate of drug-likeness (QED) is 0.811. The van der Waals surface area contributed by atoms with Gasteiger partial charge in [0.1, 0.15) is 12.4 Å². The lowest BCUT2D eigenvalue weighted by Gasteiger charge is -2.23. The molecular formula is C17H27NO. The molecule has 0 bridgehead atoms. The third kappa shape index (κ3) is 4.24. The second kappa shape index (κ2) is 6.95. The van der Waals surface area contributed by atoms with Crippen LogP contribution in [0.1, 0.15) is 48.8 Å². The third-order valence-electron chi connectivity index (χ3n) is 3.99. The molecule has 0 unspecified atom stereocenters. The summed E-state index contributed by atoms with van der Waals surface area (Å²) in [6.07, 6.45) is 6.85. The minimum atomic E-state index is 0.720. The fourth-order valence-electron chi connectivity index (χ4n) is 3.12. The Hall–Kier alpha value is -1.02. The highest BCUT2D eigenvalue weighted by Gasteiger charge is 2.12. The fourth-order valence-corrected chi connectivity index (χ4v) is 3.12. The largest absolute Gasteiger partial charge is 0.492 e. The van der Waals surface area contributed by atoms with E-state index in [1.165, 1.54) is 48.8 Å². The summed E-state index contributed by atoms with van der Waals surface area (Å²) in [5.41, 5.74) is 3.80. The summed E-state index contributed by atoms with van der Waals surface area (Å²) in [5.74, 6) is 1.07. The van der Waals surface area contributed by atoms with E-state index in [1.54, 1.807) is 0 Å². The van der Waals surface area contributed by atoms with Gasteiger partial charge in [-0.2, -0.15) is 0 Å². The maximum absolute atomic E-state index is 5.95. The van der Waals surface area contributed by atoms with E-state index in [0.29, 0.717) is 0 Å². The molecule has 0 aromatic heterocycles. The summed E-state index contributed by atoms with van der Waals surface area (Å²) in [5, 5.41) is 3.62. The van der Waals surface area contributed by atoms with Gasteiger partial charge in [-0.1, -0.05) is 37.0 Å². The van der Waals surface area contributed by atoms with Crippen molar-refractivity contribution >= 4 is 0 Å². The first-order chi connectivity index (χ1) is 9.16. The smallest absolute Gasteiger partial charge is 0.125 e. The summed E-state index contributed by atoms with van der Waals surface area (Å²) in [4.78, 5) is 0. The van der Waals surface area contributed by atoms with Crippen LogP contribution in [0.5, 0.6) is 5.75 Å². The van der Waals surface area contributed by atoms with Gasteiger partial charge in [-0.3, -0.25) is 0 Å². The van der Waals surface area contributed by atoms with Gasteiger partial charge in [-0.25, -0.2) is 0 Å². The molecule has 2 heteroatoms. The van der Waals surface area contributed by atoms with Gasteiger partial charge in [0.05, 0.1) is 0 Å². The van der Waals surface area contributed by atoms with Crippen LogP contribution >= 0.6 is 0 Å². The van der Waals surface area contributed by atoms with Crippen molar-refractivity contribution in [1.29, 1.82) is 0 Å². The first-order valence-electron chi connectivity index (χ1n) is 7.61. The number of rotatable bonds is 5. The van der Waals surface area contributed by atoms with E-state index in [4.69, 9.17) is 4.74 Å². The number of aryl methyl sites for hydroxylation is 3. The van der Waals surface area contributed by atoms with Gasteiger partial charge in [0, 0.05) is 12.6 Å². The Morgan fingerprint density at radius 1 is 1.05 bits per heavy atom. The molecule has 1 aliphatic carbocycles. The molecule has 0 aliphatic heterocycles. The molecule has 1 N–H and O–H groups in total. The van der Waals surface area contributed by atoms with Gasteiger partial charge in [-0.05, 0) is 44.7 Å². The lowest BCUT2D eigenvalue weighted by atomic mass is 9.96. The Balaban J connectivity index is 1.76. The highest BCUT2D eigenvalue weighted by molar-refractivity contribution is 5.42. The van der Waals surface area contributed by atoms with E-state index in [-0.39, 0.29) is 0 Å². The lowest BCUT2D eigenvalue weighted by molar-refractivity contribution is 0.286. The molecule has 2 nitrogen and oxygen atoms in total. The van der Waals surface area contributed by atoms with Crippen LogP contribution in [-0.2, 0) is 0 Å². The summed E-state index contributed by atoms with van der Waals surface area (Å²) in [6.45, 7) is 8.11. The van der Waals surface area contributed by atoms with Gasteiger partial charge < -0.3 is 10.1 Å². The van der Waals surface area contributed by atoms with Crippen LogP contribution in [0.15, 0.2) is 12.1 Å². The van der Waals surface area contributed by atoms with E-state index < -0.39 is 0 Å². The van der Waals surface area contributed by atoms with Gasteiger partial charge in [0.25, 0.3) is 0 Å². The molecule has 1 fully saturated rings. The van der Waals surface area contributed by atoms with Crippen LogP contribution < -0.4 is 10.1 Å². The minimum absolute atomic E-state index is 0.720. The maximum Gasteiger partial charge on any atom is 0.125 e. The highest BCUT2D eigenvalue weighted by atomic mass is 16.5. The second-order valence-corrected chi connectivity index (χ2v) is 5.87. The maximum atomic E-state index is 5.95. The molecule has 19 heavy (non-hydrogen) atoms. The summed E-state index contributed by atoms with van der Waals surface area (Å²) in [6, 6.07) is 5.10. The summed E-state index contributed by atoms with van der Waals surface area (Å²) >= 11 is 0. The van der Waals surface area contributed by atoms with Crippen LogP contribution in [0.3, 0.4) is 0 Å². The third-order valence-corrected chi connectivity index (χ3v) is 3.99. The average molecular weight is 261 g/mol. The normalized spacial score (nSPS) is 16.6. The monoisotopic (exact) mass is 261 g/mol. The topological polar surface area (TPSA) is 21.3 Å². The van der Waals surface area contributed by atoms with Crippen molar-refractivity contribution in [2.24, 2.45) is 0 Å². The number of ether oxygens (including phenoxy) is 1. The molecule has 2 rings (SSSR count). The first kappa shape index (κ1) is 14.4. The average Bonchev–Trinajstić information content (AvgIpc) is 2.38.